The largest absolute Gasteiger partial charge is 0.497 e. The molecule has 1 aromatic heterocycles. The molecular formula is C16H19NO4. The fourth-order valence-corrected chi connectivity index (χ4v) is 2.30. The second-order valence-corrected chi connectivity index (χ2v) is 4.94. The van der Waals surface area contributed by atoms with E-state index in [-0.39, 0.29) is 0 Å². The molecule has 2 aromatic rings. The van der Waals surface area contributed by atoms with Gasteiger partial charge in [0, 0.05) is 0 Å². The summed E-state index contributed by atoms with van der Waals surface area (Å²) in [6, 6.07) is 10.1. The van der Waals surface area contributed by atoms with Crippen LogP contribution in [-0.2, 0) is 11.3 Å². The minimum Gasteiger partial charge on any atom is -0.497 e. The van der Waals surface area contributed by atoms with Gasteiger partial charge in [0.05, 0.1) is 13.7 Å². The first kappa shape index (κ1) is 15.1. The summed E-state index contributed by atoms with van der Waals surface area (Å²) in [5.74, 6) is 1.28. The van der Waals surface area contributed by atoms with E-state index in [1.165, 1.54) is 0 Å². The van der Waals surface area contributed by atoms with Crippen molar-refractivity contribution in [1.82, 2.24) is 4.90 Å². The van der Waals surface area contributed by atoms with Crippen LogP contribution in [0.1, 0.15) is 23.1 Å². The maximum atomic E-state index is 11.6. The van der Waals surface area contributed by atoms with Crippen LogP contribution in [0.15, 0.2) is 40.8 Å². The molecule has 0 radical (unpaired) electrons. The number of benzene rings is 1. The number of ether oxygens (including phenoxy) is 1. The van der Waals surface area contributed by atoms with Gasteiger partial charge < -0.3 is 14.3 Å². The van der Waals surface area contributed by atoms with Crippen LogP contribution in [-0.4, -0.2) is 30.1 Å². The Bertz CT molecular complexity index is 620. The summed E-state index contributed by atoms with van der Waals surface area (Å²) in [4.78, 5) is 13.4. The third-order valence-electron chi connectivity index (χ3n) is 3.29. The van der Waals surface area contributed by atoms with Gasteiger partial charge in [-0.2, -0.15) is 0 Å². The lowest BCUT2D eigenvalue weighted by atomic mass is 10.1. The number of hydrogen-bond donors (Lipinski definition) is 1. The molecule has 5 heteroatoms. The third-order valence-corrected chi connectivity index (χ3v) is 3.29. The highest BCUT2D eigenvalue weighted by Crippen LogP contribution is 2.25. The summed E-state index contributed by atoms with van der Waals surface area (Å²) in [6.45, 7) is 2.28. The quantitative estimate of drug-likeness (QED) is 0.886. The van der Waals surface area contributed by atoms with Crippen LogP contribution in [0.25, 0.3) is 0 Å². The number of likely N-dealkylation sites (N-methyl/N-ethyl adjacent to an activating group) is 1. The molecule has 5 nitrogen and oxygen atoms in total. The number of carboxylic acid groups (broad SMARTS) is 1. The Morgan fingerprint density at radius 1 is 1.38 bits per heavy atom. The molecule has 0 fully saturated rings. The Morgan fingerprint density at radius 2 is 2.14 bits per heavy atom. The van der Waals surface area contributed by atoms with E-state index >= 15 is 0 Å². The van der Waals surface area contributed by atoms with Crippen LogP contribution in [0.4, 0.5) is 0 Å². The maximum absolute atomic E-state index is 11.6. The third kappa shape index (κ3) is 3.64. The minimum absolute atomic E-state index is 0.419. The van der Waals surface area contributed by atoms with E-state index in [0.29, 0.717) is 17.9 Å². The van der Waals surface area contributed by atoms with Crippen molar-refractivity contribution in [1.29, 1.82) is 0 Å². The highest BCUT2D eigenvalue weighted by Gasteiger charge is 2.25. The Balaban J connectivity index is 2.23. The van der Waals surface area contributed by atoms with Crippen molar-refractivity contribution in [3.63, 3.8) is 0 Å². The van der Waals surface area contributed by atoms with Crippen LogP contribution < -0.4 is 4.74 Å². The highest BCUT2D eigenvalue weighted by atomic mass is 16.5. The predicted molar refractivity (Wildman–Crippen MR) is 78.3 cm³/mol. The fourth-order valence-electron chi connectivity index (χ4n) is 2.30. The van der Waals surface area contributed by atoms with E-state index in [2.05, 4.69) is 0 Å². The highest BCUT2D eigenvalue weighted by molar-refractivity contribution is 5.75. The zero-order valence-electron chi connectivity index (χ0n) is 12.4. The monoisotopic (exact) mass is 289 g/mol. The normalized spacial score (nSPS) is 12.4. The summed E-state index contributed by atoms with van der Waals surface area (Å²) in [5, 5.41) is 9.53. The molecule has 0 aliphatic rings. The number of rotatable bonds is 6. The van der Waals surface area contributed by atoms with Crippen molar-refractivity contribution in [3.05, 3.63) is 53.5 Å². The number of carbonyl (C=O) groups is 1. The zero-order valence-corrected chi connectivity index (χ0v) is 12.4. The SMILES string of the molecule is COc1cccc([C@H](C(=O)O)N(C)Cc2ccc(C)o2)c1. The van der Waals surface area contributed by atoms with Crippen LogP contribution in [0.5, 0.6) is 5.75 Å². The van der Waals surface area contributed by atoms with E-state index in [1.54, 1.807) is 43.3 Å². The number of hydrogen-bond acceptors (Lipinski definition) is 4. The smallest absolute Gasteiger partial charge is 0.325 e. The van der Waals surface area contributed by atoms with E-state index in [1.807, 2.05) is 19.1 Å². The van der Waals surface area contributed by atoms with E-state index < -0.39 is 12.0 Å². The summed E-state index contributed by atoms with van der Waals surface area (Å²) < 4.78 is 10.7. The van der Waals surface area contributed by atoms with Crippen molar-refractivity contribution >= 4 is 5.97 Å². The summed E-state index contributed by atoms with van der Waals surface area (Å²) in [7, 11) is 3.32. The molecule has 21 heavy (non-hydrogen) atoms. The first-order chi connectivity index (χ1) is 10.0. The molecule has 2 rings (SSSR count). The Kier molecular flexibility index (Phi) is 4.65. The lowest BCUT2D eigenvalue weighted by molar-refractivity contribution is -0.143. The van der Waals surface area contributed by atoms with Gasteiger partial charge in [0.25, 0.3) is 0 Å². The fraction of sp³-hybridized carbons (Fsp3) is 0.312. The number of furan rings is 1. The Morgan fingerprint density at radius 3 is 2.71 bits per heavy atom. The predicted octanol–water partition coefficient (Wildman–Crippen LogP) is 2.85. The Labute approximate surface area is 123 Å². The van der Waals surface area contributed by atoms with E-state index in [0.717, 1.165) is 11.5 Å². The molecule has 0 saturated carbocycles. The number of nitrogens with zero attached hydrogens (tertiary/aromatic N) is 1. The van der Waals surface area contributed by atoms with Crippen LogP contribution in [0, 0.1) is 6.92 Å². The van der Waals surface area contributed by atoms with E-state index in [9.17, 15) is 9.90 Å². The molecule has 1 atom stereocenters. The molecule has 0 aliphatic carbocycles. The van der Waals surface area contributed by atoms with E-state index in [4.69, 9.17) is 9.15 Å². The van der Waals surface area contributed by atoms with Crippen molar-refractivity contribution in [2.45, 2.75) is 19.5 Å². The first-order valence-corrected chi connectivity index (χ1v) is 6.63. The topological polar surface area (TPSA) is 62.9 Å². The van der Waals surface area contributed by atoms with Gasteiger partial charge in [-0.15, -0.1) is 0 Å². The molecule has 0 amide bonds. The maximum Gasteiger partial charge on any atom is 0.325 e. The van der Waals surface area contributed by atoms with Crippen molar-refractivity contribution in [3.8, 4) is 5.75 Å². The molecular weight excluding hydrogens is 270 g/mol. The standard InChI is InChI=1S/C16H19NO4/c1-11-7-8-14(21-11)10-17(2)15(16(18)19)12-5-4-6-13(9-12)20-3/h4-9,15H,10H2,1-3H3,(H,18,19)/t15-/m1/s1. The number of methoxy groups -OCH3 is 1. The average molecular weight is 289 g/mol. The van der Waals surface area contributed by atoms with Crippen molar-refractivity contribution in [2.24, 2.45) is 0 Å². The molecule has 0 aliphatic heterocycles. The second kappa shape index (κ2) is 6.45. The molecule has 0 saturated heterocycles. The molecule has 112 valence electrons. The average Bonchev–Trinajstić information content (AvgIpc) is 2.84. The van der Waals surface area contributed by atoms with Gasteiger partial charge in [-0.3, -0.25) is 9.69 Å². The van der Waals surface area contributed by atoms with Crippen LogP contribution in [0.2, 0.25) is 0 Å². The first-order valence-electron chi connectivity index (χ1n) is 6.63. The lowest BCUT2D eigenvalue weighted by Gasteiger charge is -2.24. The number of aliphatic carboxylic acids is 1. The zero-order chi connectivity index (χ0) is 15.4. The summed E-state index contributed by atoms with van der Waals surface area (Å²) >= 11 is 0. The number of aryl methyl sites for hydroxylation is 1. The molecule has 1 N–H and O–H groups in total. The van der Waals surface area contributed by atoms with Crippen molar-refractivity contribution in [2.75, 3.05) is 14.2 Å². The summed E-state index contributed by atoms with van der Waals surface area (Å²) in [6.07, 6.45) is 0. The van der Waals surface area contributed by atoms with Gasteiger partial charge in [-0.25, -0.2) is 0 Å². The van der Waals surface area contributed by atoms with Crippen LogP contribution >= 0.6 is 0 Å². The van der Waals surface area contributed by atoms with Gasteiger partial charge in [-0.05, 0) is 43.8 Å². The van der Waals surface area contributed by atoms with Crippen molar-refractivity contribution < 1.29 is 19.1 Å². The number of carboxylic acids is 1. The summed E-state index contributed by atoms with van der Waals surface area (Å²) in [5.41, 5.74) is 0.674. The lowest BCUT2D eigenvalue weighted by Crippen LogP contribution is -2.30. The molecule has 0 bridgehead atoms. The molecule has 1 heterocycles. The van der Waals surface area contributed by atoms with Gasteiger partial charge in [0.1, 0.15) is 23.3 Å². The minimum atomic E-state index is -0.908. The molecule has 1 aromatic carbocycles. The second-order valence-electron chi connectivity index (χ2n) is 4.94. The van der Waals surface area contributed by atoms with Gasteiger partial charge >= 0.3 is 5.97 Å². The molecule has 0 unspecified atom stereocenters. The Hall–Kier alpha value is -2.27. The van der Waals surface area contributed by atoms with Crippen LogP contribution in [0.3, 0.4) is 0 Å². The van der Waals surface area contributed by atoms with Gasteiger partial charge in [-0.1, -0.05) is 12.1 Å². The van der Waals surface area contributed by atoms with Gasteiger partial charge in [0.2, 0.25) is 0 Å². The van der Waals surface area contributed by atoms with Gasteiger partial charge in [0.15, 0.2) is 0 Å². The molecule has 0 spiro atoms.